The number of nitriles is 4. The lowest BCUT2D eigenvalue weighted by molar-refractivity contribution is 0.574. The molecule has 2 heterocycles. The van der Waals surface area contributed by atoms with Gasteiger partial charge in [0.05, 0.1) is 41.2 Å². The van der Waals surface area contributed by atoms with Gasteiger partial charge in [-0.05, 0) is 37.6 Å². The van der Waals surface area contributed by atoms with Gasteiger partial charge in [0.2, 0.25) is 5.41 Å². The molecule has 0 saturated heterocycles. The van der Waals surface area contributed by atoms with Crippen molar-refractivity contribution >= 4 is 5.52 Å². The van der Waals surface area contributed by atoms with Crippen molar-refractivity contribution in [2.75, 3.05) is 0 Å². The lowest BCUT2D eigenvalue weighted by atomic mass is 9.76. The number of aromatic nitrogens is 2. The molecule has 0 unspecified atom stereocenters. The number of hydrogen-bond acceptors (Lipinski definition) is 5. The summed E-state index contributed by atoms with van der Waals surface area (Å²) in [5.74, 6) is -1.40. The van der Waals surface area contributed by atoms with Crippen LogP contribution in [0.3, 0.4) is 0 Å². The number of aryl methyl sites for hydroxylation is 2. The first-order chi connectivity index (χ1) is 10.0. The molecule has 0 bridgehead atoms. The third-order valence-electron chi connectivity index (χ3n) is 3.39. The SMILES string of the molecule is Cc1cc(C)c2ccc(C(C#N)(C#N)C(C#N)C#N)n2n1. The smallest absolute Gasteiger partial charge is 0.214 e. The largest absolute Gasteiger partial charge is 0.235 e. The highest BCUT2D eigenvalue weighted by molar-refractivity contribution is 5.59. The molecule has 0 N–H and O–H groups in total. The van der Waals surface area contributed by atoms with E-state index in [0.29, 0.717) is 5.69 Å². The second-order valence-corrected chi connectivity index (χ2v) is 4.71. The van der Waals surface area contributed by atoms with Gasteiger partial charge in [0.1, 0.15) is 0 Å². The van der Waals surface area contributed by atoms with Crippen molar-refractivity contribution in [2.24, 2.45) is 5.92 Å². The van der Waals surface area contributed by atoms with Crippen LogP contribution in [-0.2, 0) is 5.41 Å². The van der Waals surface area contributed by atoms with Crippen LogP contribution >= 0.6 is 0 Å². The Hall–Kier alpha value is -3.35. The van der Waals surface area contributed by atoms with Gasteiger partial charge in [-0.25, -0.2) is 4.52 Å². The fourth-order valence-electron chi connectivity index (χ4n) is 2.35. The molecule has 2 rings (SSSR count). The van der Waals surface area contributed by atoms with Crippen LogP contribution in [0.5, 0.6) is 0 Å². The first kappa shape index (κ1) is 14.1. The van der Waals surface area contributed by atoms with Crippen LogP contribution in [0.25, 0.3) is 5.52 Å². The Labute approximate surface area is 121 Å². The number of rotatable bonds is 2. The van der Waals surface area contributed by atoms with Crippen LogP contribution in [0.1, 0.15) is 17.0 Å². The van der Waals surface area contributed by atoms with Crippen molar-refractivity contribution in [3.05, 3.63) is 35.2 Å². The van der Waals surface area contributed by atoms with Gasteiger partial charge in [-0.15, -0.1) is 0 Å². The second-order valence-electron chi connectivity index (χ2n) is 4.71. The first-order valence-electron chi connectivity index (χ1n) is 6.12. The first-order valence-corrected chi connectivity index (χ1v) is 6.12. The topological polar surface area (TPSA) is 112 Å². The van der Waals surface area contributed by atoms with E-state index < -0.39 is 11.3 Å². The summed E-state index contributed by atoms with van der Waals surface area (Å²) >= 11 is 0. The Morgan fingerprint density at radius 3 is 2.24 bits per heavy atom. The molecule has 0 aromatic carbocycles. The zero-order chi connectivity index (χ0) is 15.6. The molecule has 21 heavy (non-hydrogen) atoms. The van der Waals surface area contributed by atoms with Gasteiger partial charge < -0.3 is 0 Å². The molecule has 0 spiro atoms. The van der Waals surface area contributed by atoms with E-state index in [-0.39, 0.29) is 5.69 Å². The molecule has 2 aromatic rings. The standard InChI is InChI=1S/C15H10N6/c1-10-5-11(2)20-21-13(10)3-4-14(21)15(8-18,9-19)12(6-16)7-17/h3-5,12H,1-2H3. The normalized spacial score (nSPS) is 10.6. The molecule has 0 saturated carbocycles. The predicted molar refractivity (Wildman–Crippen MR) is 72.3 cm³/mol. The van der Waals surface area contributed by atoms with Crippen LogP contribution < -0.4 is 0 Å². The van der Waals surface area contributed by atoms with Crippen molar-refractivity contribution in [3.8, 4) is 24.3 Å². The summed E-state index contributed by atoms with van der Waals surface area (Å²) in [4.78, 5) is 0. The average Bonchev–Trinajstić information content (AvgIpc) is 2.89. The molecule has 0 radical (unpaired) electrons. The Kier molecular flexibility index (Phi) is 3.33. The molecule has 6 heteroatoms. The fourth-order valence-corrected chi connectivity index (χ4v) is 2.35. The van der Waals surface area contributed by atoms with Crippen molar-refractivity contribution in [1.82, 2.24) is 9.61 Å². The van der Waals surface area contributed by atoms with Crippen molar-refractivity contribution in [2.45, 2.75) is 19.3 Å². The number of fused-ring (bicyclic) bond motifs is 1. The van der Waals surface area contributed by atoms with Crippen molar-refractivity contribution in [3.63, 3.8) is 0 Å². The molecule has 0 amide bonds. The lowest BCUT2D eigenvalue weighted by Crippen LogP contribution is -2.32. The monoisotopic (exact) mass is 274 g/mol. The highest BCUT2D eigenvalue weighted by Crippen LogP contribution is 2.32. The minimum atomic E-state index is -1.87. The van der Waals surface area contributed by atoms with Gasteiger partial charge in [-0.1, -0.05) is 0 Å². The van der Waals surface area contributed by atoms with Crippen LogP contribution in [0.2, 0.25) is 0 Å². The van der Waals surface area contributed by atoms with Crippen molar-refractivity contribution in [1.29, 1.82) is 21.0 Å². The molecular formula is C15H10N6. The van der Waals surface area contributed by atoms with Gasteiger partial charge in [0.15, 0.2) is 5.92 Å². The third kappa shape index (κ3) is 1.88. The Morgan fingerprint density at radius 1 is 1.10 bits per heavy atom. The molecular weight excluding hydrogens is 264 g/mol. The summed E-state index contributed by atoms with van der Waals surface area (Å²) in [5.41, 5.74) is 0.752. The summed E-state index contributed by atoms with van der Waals surface area (Å²) in [7, 11) is 0. The van der Waals surface area contributed by atoms with Gasteiger partial charge in [0.25, 0.3) is 0 Å². The van der Waals surface area contributed by atoms with Crippen molar-refractivity contribution < 1.29 is 0 Å². The van der Waals surface area contributed by atoms with Gasteiger partial charge >= 0.3 is 0 Å². The Morgan fingerprint density at radius 2 is 1.71 bits per heavy atom. The minimum Gasteiger partial charge on any atom is -0.235 e. The Balaban J connectivity index is 2.88. The minimum absolute atomic E-state index is 0.238. The summed E-state index contributed by atoms with van der Waals surface area (Å²) in [5, 5.41) is 41.4. The summed E-state index contributed by atoms with van der Waals surface area (Å²) in [6.07, 6.45) is 0. The fraction of sp³-hybridized carbons (Fsp3) is 0.267. The molecule has 2 aromatic heterocycles. The van der Waals surface area contributed by atoms with Crippen LogP contribution in [0.15, 0.2) is 18.2 Å². The van der Waals surface area contributed by atoms with E-state index in [0.717, 1.165) is 11.1 Å². The zero-order valence-corrected chi connectivity index (χ0v) is 11.5. The second kappa shape index (κ2) is 4.97. The van der Waals surface area contributed by atoms with E-state index in [9.17, 15) is 10.5 Å². The maximum atomic E-state index is 9.46. The highest BCUT2D eigenvalue weighted by Gasteiger charge is 2.45. The summed E-state index contributed by atoms with van der Waals surface area (Å²) in [6.45, 7) is 3.68. The van der Waals surface area contributed by atoms with Gasteiger partial charge in [-0.2, -0.15) is 26.1 Å². The molecule has 0 atom stereocenters. The van der Waals surface area contributed by atoms with Gasteiger partial charge in [-0.3, -0.25) is 0 Å². The number of nitrogens with zero attached hydrogens (tertiary/aromatic N) is 6. The average molecular weight is 274 g/mol. The van der Waals surface area contributed by atoms with Gasteiger partial charge in [0, 0.05) is 0 Å². The molecule has 0 aliphatic rings. The maximum Gasteiger partial charge on any atom is 0.214 e. The quantitative estimate of drug-likeness (QED) is 0.829. The highest BCUT2D eigenvalue weighted by atomic mass is 15.2. The van der Waals surface area contributed by atoms with E-state index in [1.54, 1.807) is 31.2 Å². The van der Waals surface area contributed by atoms with E-state index >= 15 is 0 Å². The summed E-state index contributed by atoms with van der Waals surface area (Å²) < 4.78 is 1.47. The van der Waals surface area contributed by atoms with E-state index in [2.05, 4.69) is 5.10 Å². The predicted octanol–water partition coefficient (Wildman–Crippen LogP) is 1.90. The molecule has 0 aliphatic carbocycles. The Bertz CT molecular complexity index is 850. The molecule has 100 valence electrons. The lowest BCUT2D eigenvalue weighted by Gasteiger charge is -2.19. The number of hydrogen-bond donors (Lipinski definition) is 0. The van der Waals surface area contributed by atoms with E-state index in [1.165, 1.54) is 4.52 Å². The van der Waals surface area contributed by atoms with E-state index in [1.807, 2.05) is 25.1 Å². The molecule has 6 nitrogen and oxygen atoms in total. The molecule has 0 fully saturated rings. The third-order valence-corrected chi connectivity index (χ3v) is 3.39. The zero-order valence-electron chi connectivity index (χ0n) is 11.5. The van der Waals surface area contributed by atoms with Crippen LogP contribution in [-0.4, -0.2) is 9.61 Å². The van der Waals surface area contributed by atoms with Crippen LogP contribution in [0, 0.1) is 65.1 Å². The van der Waals surface area contributed by atoms with Crippen LogP contribution in [0.4, 0.5) is 0 Å². The maximum absolute atomic E-state index is 9.46. The molecule has 0 aliphatic heterocycles. The summed E-state index contributed by atoms with van der Waals surface area (Å²) in [6, 6.07) is 12.3. The van der Waals surface area contributed by atoms with E-state index in [4.69, 9.17) is 10.5 Å².